The molecule has 0 saturated carbocycles. The fraction of sp³-hybridized carbons (Fsp3) is 0.647. The summed E-state index contributed by atoms with van der Waals surface area (Å²) in [6, 6.07) is 5.06. The standard InChI is InChI=1S/C17H28FNO/c1-3-4-5-6-7-8-12-20-17-15(13-14(2)19)10-9-11-16(17)18/h9-11,14H,3-8,12-13,19H2,1-2H3. The molecule has 0 aromatic heterocycles. The van der Waals surface area contributed by atoms with Gasteiger partial charge in [-0.3, -0.25) is 0 Å². The van der Waals surface area contributed by atoms with Crippen LogP contribution in [0.5, 0.6) is 5.75 Å². The normalized spacial score (nSPS) is 12.4. The zero-order valence-corrected chi connectivity index (χ0v) is 12.8. The maximum absolute atomic E-state index is 13.8. The molecule has 2 N–H and O–H groups in total. The summed E-state index contributed by atoms with van der Waals surface area (Å²) < 4.78 is 19.5. The van der Waals surface area contributed by atoms with Crippen molar-refractivity contribution in [1.82, 2.24) is 0 Å². The van der Waals surface area contributed by atoms with Crippen LogP contribution < -0.4 is 10.5 Å². The summed E-state index contributed by atoms with van der Waals surface area (Å²) in [6.07, 6.45) is 7.85. The van der Waals surface area contributed by atoms with Crippen molar-refractivity contribution in [1.29, 1.82) is 0 Å². The van der Waals surface area contributed by atoms with Crippen LogP contribution in [0.4, 0.5) is 4.39 Å². The molecule has 0 aliphatic heterocycles. The van der Waals surface area contributed by atoms with Gasteiger partial charge in [-0.2, -0.15) is 0 Å². The fourth-order valence-corrected chi connectivity index (χ4v) is 2.28. The van der Waals surface area contributed by atoms with Gasteiger partial charge in [0.15, 0.2) is 11.6 Å². The van der Waals surface area contributed by atoms with E-state index in [2.05, 4.69) is 6.92 Å². The number of para-hydroxylation sites is 1. The molecule has 20 heavy (non-hydrogen) atoms. The average molecular weight is 281 g/mol. The Labute approximate surface area is 122 Å². The van der Waals surface area contributed by atoms with Crippen molar-refractivity contribution < 1.29 is 9.13 Å². The summed E-state index contributed by atoms with van der Waals surface area (Å²) >= 11 is 0. The minimum atomic E-state index is -0.283. The first-order valence-corrected chi connectivity index (χ1v) is 7.81. The highest BCUT2D eigenvalue weighted by atomic mass is 19.1. The van der Waals surface area contributed by atoms with Gasteiger partial charge in [-0.1, -0.05) is 51.2 Å². The zero-order valence-electron chi connectivity index (χ0n) is 12.8. The maximum atomic E-state index is 13.8. The van der Waals surface area contributed by atoms with Crippen LogP contribution in [0.25, 0.3) is 0 Å². The summed E-state index contributed by atoms with van der Waals surface area (Å²) in [5.41, 5.74) is 6.65. The first-order chi connectivity index (χ1) is 9.65. The monoisotopic (exact) mass is 281 g/mol. The molecule has 0 radical (unpaired) electrons. The van der Waals surface area contributed by atoms with Gasteiger partial charge in [0.1, 0.15) is 0 Å². The Kier molecular flexibility index (Phi) is 8.28. The quantitative estimate of drug-likeness (QED) is 0.643. The van der Waals surface area contributed by atoms with Gasteiger partial charge >= 0.3 is 0 Å². The van der Waals surface area contributed by atoms with Gasteiger partial charge in [-0.05, 0) is 31.4 Å². The van der Waals surface area contributed by atoms with Crippen LogP contribution >= 0.6 is 0 Å². The Hall–Kier alpha value is -1.09. The van der Waals surface area contributed by atoms with Gasteiger partial charge in [0.05, 0.1) is 6.61 Å². The summed E-state index contributed by atoms with van der Waals surface area (Å²) in [4.78, 5) is 0. The van der Waals surface area contributed by atoms with Crippen molar-refractivity contribution in [2.24, 2.45) is 5.73 Å². The number of halogens is 1. The summed E-state index contributed by atoms with van der Waals surface area (Å²) in [7, 11) is 0. The molecule has 0 bridgehead atoms. The van der Waals surface area contributed by atoms with Crippen LogP contribution in [-0.2, 0) is 6.42 Å². The van der Waals surface area contributed by atoms with Crippen LogP contribution in [0.3, 0.4) is 0 Å². The molecule has 0 amide bonds. The van der Waals surface area contributed by atoms with E-state index in [9.17, 15) is 4.39 Å². The Morgan fingerprint density at radius 3 is 2.55 bits per heavy atom. The van der Waals surface area contributed by atoms with Gasteiger partial charge in [0.2, 0.25) is 0 Å². The number of rotatable bonds is 10. The molecule has 1 unspecified atom stereocenters. The number of benzene rings is 1. The van der Waals surface area contributed by atoms with E-state index in [1.54, 1.807) is 6.07 Å². The lowest BCUT2D eigenvalue weighted by atomic mass is 10.1. The van der Waals surface area contributed by atoms with Gasteiger partial charge < -0.3 is 10.5 Å². The van der Waals surface area contributed by atoms with E-state index in [4.69, 9.17) is 10.5 Å². The van der Waals surface area contributed by atoms with Gasteiger partial charge in [0.25, 0.3) is 0 Å². The summed E-state index contributed by atoms with van der Waals surface area (Å²) in [5.74, 6) is 0.104. The predicted molar refractivity (Wildman–Crippen MR) is 82.6 cm³/mol. The molecular formula is C17H28FNO. The number of nitrogens with two attached hydrogens (primary N) is 1. The third-order valence-corrected chi connectivity index (χ3v) is 3.33. The van der Waals surface area contributed by atoms with Crippen molar-refractivity contribution >= 4 is 0 Å². The lowest BCUT2D eigenvalue weighted by Gasteiger charge is -2.13. The summed E-state index contributed by atoms with van der Waals surface area (Å²) in [6.45, 7) is 4.71. The zero-order chi connectivity index (χ0) is 14.8. The second kappa shape index (κ2) is 9.76. The topological polar surface area (TPSA) is 35.2 Å². The van der Waals surface area contributed by atoms with E-state index in [1.165, 1.54) is 31.7 Å². The second-order valence-electron chi connectivity index (χ2n) is 5.53. The van der Waals surface area contributed by atoms with Crippen LogP contribution in [0.1, 0.15) is 57.9 Å². The molecule has 0 heterocycles. The van der Waals surface area contributed by atoms with Crippen molar-refractivity contribution in [2.75, 3.05) is 6.61 Å². The molecule has 0 aliphatic carbocycles. The van der Waals surface area contributed by atoms with Crippen LogP contribution in [0, 0.1) is 5.82 Å². The molecule has 1 atom stereocenters. The molecule has 1 rings (SSSR count). The highest BCUT2D eigenvalue weighted by Gasteiger charge is 2.11. The second-order valence-corrected chi connectivity index (χ2v) is 5.53. The van der Waals surface area contributed by atoms with E-state index in [1.807, 2.05) is 13.0 Å². The van der Waals surface area contributed by atoms with E-state index in [0.29, 0.717) is 18.8 Å². The minimum Gasteiger partial charge on any atom is -0.490 e. The molecular weight excluding hydrogens is 253 g/mol. The molecule has 1 aromatic rings. The summed E-state index contributed by atoms with van der Waals surface area (Å²) in [5, 5.41) is 0. The SMILES string of the molecule is CCCCCCCCOc1c(F)cccc1CC(C)N. The van der Waals surface area contributed by atoms with Crippen molar-refractivity contribution in [3.8, 4) is 5.75 Å². The number of unbranched alkanes of at least 4 members (excludes halogenated alkanes) is 5. The first kappa shape index (κ1) is 17.0. The molecule has 2 nitrogen and oxygen atoms in total. The Morgan fingerprint density at radius 2 is 1.85 bits per heavy atom. The lowest BCUT2D eigenvalue weighted by molar-refractivity contribution is 0.286. The number of ether oxygens (including phenoxy) is 1. The predicted octanol–water partition coefficient (Wildman–Crippen LogP) is 4.45. The molecule has 1 aromatic carbocycles. The first-order valence-electron chi connectivity index (χ1n) is 7.81. The largest absolute Gasteiger partial charge is 0.490 e. The van der Waals surface area contributed by atoms with E-state index >= 15 is 0 Å². The number of hydrogen-bond donors (Lipinski definition) is 1. The van der Waals surface area contributed by atoms with E-state index < -0.39 is 0 Å². The van der Waals surface area contributed by atoms with Crippen LogP contribution in [-0.4, -0.2) is 12.6 Å². The molecule has 114 valence electrons. The third kappa shape index (κ3) is 6.38. The van der Waals surface area contributed by atoms with Gasteiger partial charge in [-0.25, -0.2) is 4.39 Å². The smallest absolute Gasteiger partial charge is 0.165 e. The van der Waals surface area contributed by atoms with Crippen molar-refractivity contribution in [2.45, 2.75) is 64.8 Å². The average Bonchev–Trinajstić information content (AvgIpc) is 2.40. The van der Waals surface area contributed by atoms with Crippen LogP contribution in [0.2, 0.25) is 0 Å². The molecule has 3 heteroatoms. The molecule has 0 aliphatic rings. The lowest BCUT2D eigenvalue weighted by Crippen LogP contribution is -2.18. The maximum Gasteiger partial charge on any atom is 0.165 e. The van der Waals surface area contributed by atoms with Gasteiger partial charge in [0, 0.05) is 6.04 Å². The van der Waals surface area contributed by atoms with Crippen molar-refractivity contribution in [3.05, 3.63) is 29.6 Å². The molecule has 0 spiro atoms. The highest BCUT2D eigenvalue weighted by Crippen LogP contribution is 2.24. The highest BCUT2D eigenvalue weighted by molar-refractivity contribution is 5.35. The Bertz CT molecular complexity index is 379. The Balaban J connectivity index is 2.38. The third-order valence-electron chi connectivity index (χ3n) is 3.33. The van der Waals surface area contributed by atoms with Crippen molar-refractivity contribution in [3.63, 3.8) is 0 Å². The van der Waals surface area contributed by atoms with Crippen LogP contribution in [0.15, 0.2) is 18.2 Å². The van der Waals surface area contributed by atoms with E-state index in [0.717, 1.165) is 18.4 Å². The Morgan fingerprint density at radius 1 is 1.15 bits per heavy atom. The molecule has 0 saturated heterocycles. The minimum absolute atomic E-state index is 0.00759. The number of hydrogen-bond acceptors (Lipinski definition) is 2. The van der Waals surface area contributed by atoms with Gasteiger partial charge in [-0.15, -0.1) is 0 Å². The molecule has 0 fully saturated rings. The van der Waals surface area contributed by atoms with E-state index in [-0.39, 0.29) is 11.9 Å². The fourth-order valence-electron chi connectivity index (χ4n) is 2.28.